The first kappa shape index (κ1) is 24.5. The Balaban J connectivity index is 1.73. The number of amides is 1. The van der Waals surface area contributed by atoms with E-state index in [0.717, 1.165) is 27.8 Å². The van der Waals surface area contributed by atoms with E-state index in [9.17, 15) is 13.2 Å². The molecule has 3 aromatic carbocycles. The number of hydrogen-bond acceptors (Lipinski definition) is 3. The van der Waals surface area contributed by atoms with Gasteiger partial charge in [-0.1, -0.05) is 66.7 Å². The molecular formula is C27H32N2O3S. The molecule has 0 radical (unpaired) electrons. The van der Waals surface area contributed by atoms with Crippen molar-refractivity contribution in [1.29, 1.82) is 0 Å². The highest BCUT2D eigenvalue weighted by Gasteiger charge is 2.21. The molecule has 0 spiro atoms. The van der Waals surface area contributed by atoms with Crippen LogP contribution in [0.15, 0.2) is 72.8 Å². The normalized spacial score (nSPS) is 12.2. The van der Waals surface area contributed by atoms with Gasteiger partial charge in [0.1, 0.15) is 0 Å². The van der Waals surface area contributed by atoms with Crippen LogP contribution in [-0.2, 0) is 14.8 Å². The van der Waals surface area contributed by atoms with Crippen LogP contribution in [0.2, 0.25) is 0 Å². The SMILES string of the molecule is Cc1ccc(C)c(N(CCCC(=O)N[C@H](c2ccccc2)c2ccccc2C)S(C)(=O)=O)c1. The van der Waals surface area contributed by atoms with Crippen molar-refractivity contribution in [1.82, 2.24) is 5.32 Å². The summed E-state index contributed by atoms with van der Waals surface area (Å²) in [5.74, 6) is -0.110. The monoisotopic (exact) mass is 464 g/mol. The second kappa shape index (κ2) is 10.7. The minimum Gasteiger partial charge on any atom is -0.345 e. The van der Waals surface area contributed by atoms with E-state index in [1.807, 2.05) is 93.6 Å². The van der Waals surface area contributed by atoms with Gasteiger partial charge in [-0.25, -0.2) is 8.42 Å². The van der Waals surface area contributed by atoms with E-state index in [4.69, 9.17) is 0 Å². The largest absolute Gasteiger partial charge is 0.345 e. The smallest absolute Gasteiger partial charge is 0.232 e. The molecule has 3 aromatic rings. The summed E-state index contributed by atoms with van der Waals surface area (Å²) >= 11 is 0. The highest BCUT2D eigenvalue weighted by atomic mass is 32.2. The Morgan fingerprint density at radius 3 is 2.24 bits per heavy atom. The maximum atomic E-state index is 12.9. The predicted octanol–water partition coefficient (Wildman–Crippen LogP) is 5.06. The van der Waals surface area contributed by atoms with Crippen LogP contribution in [-0.4, -0.2) is 27.1 Å². The summed E-state index contributed by atoms with van der Waals surface area (Å²) in [6.07, 6.45) is 1.85. The molecule has 0 unspecified atom stereocenters. The van der Waals surface area contributed by atoms with Gasteiger partial charge in [0.25, 0.3) is 0 Å². The van der Waals surface area contributed by atoms with Gasteiger partial charge in [-0.3, -0.25) is 9.10 Å². The number of nitrogens with one attached hydrogen (secondary N) is 1. The molecule has 3 rings (SSSR count). The lowest BCUT2D eigenvalue weighted by molar-refractivity contribution is -0.121. The second-order valence-electron chi connectivity index (χ2n) is 8.50. The summed E-state index contributed by atoms with van der Waals surface area (Å²) in [6.45, 7) is 6.11. The van der Waals surface area contributed by atoms with Crippen LogP contribution in [0.25, 0.3) is 0 Å². The van der Waals surface area contributed by atoms with E-state index in [0.29, 0.717) is 12.1 Å². The van der Waals surface area contributed by atoms with Gasteiger partial charge in [0.2, 0.25) is 15.9 Å². The molecule has 0 heterocycles. The van der Waals surface area contributed by atoms with Gasteiger partial charge < -0.3 is 5.32 Å². The quantitative estimate of drug-likeness (QED) is 0.481. The predicted molar refractivity (Wildman–Crippen MR) is 135 cm³/mol. The van der Waals surface area contributed by atoms with Crippen LogP contribution in [0.3, 0.4) is 0 Å². The third kappa shape index (κ3) is 6.45. The number of carbonyl (C=O) groups is 1. The standard InChI is InChI=1S/C27H32N2O3S/c1-20-16-17-22(3)25(19-20)29(33(4,31)32)18-10-15-26(30)28-27(23-12-6-5-7-13-23)24-14-9-8-11-21(24)2/h5-9,11-14,16-17,19,27H,10,15,18H2,1-4H3,(H,28,30)/t27-/m1/s1. The molecule has 0 bridgehead atoms. The van der Waals surface area contributed by atoms with E-state index in [1.165, 1.54) is 10.6 Å². The highest BCUT2D eigenvalue weighted by molar-refractivity contribution is 7.92. The Bertz CT molecular complexity index is 1210. The molecule has 0 aliphatic carbocycles. The first-order valence-electron chi connectivity index (χ1n) is 11.1. The van der Waals surface area contributed by atoms with Crippen molar-refractivity contribution in [3.05, 3.63) is 101 Å². The lowest BCUT2D eigenvalue weighted by Gasteiger charge is -2.25. The lowest BCUT2D eigenvalue weighted by Crippen LogP contribution is -2.33. The molecule has 1 N–H and O–H groups in total. The number of nitrogens with zero attached hydrogens (tertiary/aromatic N) is 1. The summed E-state index contributed by atoms with van der Waals surface area (Å²) in [7, 11) is -3.47. The Hall–Kier alpha value is -3.12. The van der Waals surface area contributed by atoms with E-state index in [1.54, 1.807) is 0 Å². The molecule has 0 saturated heterocycles. The Kier molecular flexibility index (Phi) is 7.92. The summed E-state index contributed by atoms with van der Waals surface area (Å²) in [6, 6.07) is 23.4. The zero-order valence-electron chi connectivity index (χ0n) is 19.7. The lowest BCUT2D eigenvalue weighted by atomic mass is 9.95. The van der Waals surface area contributed by atoms with Gasteiger partial charge in [-0.05, 0) is 61.1 Å². The average molecular weight is 465 g/mol. The van der Waals surface area contributed by atoms with Crippen molar-refractivity contribution in [3.63, 3.8) is 0 Å². The van der Waals surface area contributed by atoms with Crippen molar-refractivity contribution < 1.29 is 13.2 Å². The molecule has 6 heteroatoms. The Labute approximate surface area is 197 Å². The molecule has 33 heavy (non-hydrogen) atoms. The van der Waals surface area contributed by atoms with E-state index >= 15 is 0 Å². The number of benzene rings is 3. The van der Waals surface area contributed by atoms with Gasteiger partial charge in [0.15, 0.2) is 0 Å². The van der Waals surface area contributed by atoms with Crippen LogP contribution in [0, 0.1) is 20.8 Å². The average Bonchev–Trinajstić information content (AvgIpc) is 2.77. The van der Waals surface area contributed by atoms with Crippen LogP contribution in [0.4, 0.5) is 5.69 Å². The molecule has 1 amide bonds. The molecule has 0 aliphatic rings. The highest BCUT2D eigenvalue weighted by Crippen LogP contribution is 2.26. The third-order valence-corrected chi connectivity index (χ3v) is 6.92. The summed E-state index contributed by atoms with van der Waals surface area (Å²) in [4.78, 5) is 12.9. The molecule has 1 atom stereocenters. The van der Waals surface area contributed by atoms with Crippen LogP contribution in [0.5, 0.6) is 0 Å². The fraction of sp³-hybridized carbons (Fsp3) is 0.296. The topological polar surface area (TPSA) is 66.5 Å². The molecule has 174 valence electrons. The van der Waals surface area contributed by atoms with Crippen molar-refractivity contribution >= 4 is 21.6 Å². The number of hydrogen-bond donors (Lipinski definition) is 1. The minimum absolute atomic E-state index is 0.110. The number of carbonyl (C=O) groups excluding carboxylic acids is 1. The first-order valence-corrected chi connectivity index (χ1v) is 13.0. The Morgan fingerprint density at radius 1 is 0.909 bits per heavy atom. The van der Waals surface area contributed by atoms with Crippen molar-refractivity contribution in [3.8, 4) is 0 Å². The second-order valence-corrected chi connectivity index (χ2v) is 10.4. The maximum absolute atomic E-state index is 12.9. The van der Waals surface area contributed by atoms with Gasteiger partial charge in [-0.15, -0.1) is 0 Å². The molecule has 0 aliphatic heterocycles. The van der Waals surface area contributed by atoms with E-state index < -0.39 is 10.0 Å². The molecular weight excluding hydrogens is 432 g/mol. The molecule has 0 fully saturated rings. The molecule has 5 nitrogen and oxygen atoms in total. The molecule has 0 aromatic heterocycles. The van der Waals surface area contributed by atoms with Crippen molar-refractivity contribution in [2.75, 3.05) is 17.1 Å². The van der Waals surface area contributed by atoms with Crippen molar-refractivity contribution in [2.24, 2.45) is 0 Å². The zero-order chi connectivity index (χ0) is 24.0. The zero-order valence-corrected chi connectivity index (χ0v) is 20.5. The van der Waals surface area contributed by atoms with Gasteiger partial charge >= 0.3 is 0 Å². The van der Waals surface area contributed by atoms with E-state index in [-0.39, 0.29) is 24.9 Å². The van der Waals surface area contributed by atoms with E-state index in [2.05, 4.69) is 5.32 Å². The number of sulfonamides is 1. The van der Waals surface area contributed by atoms with Gasteiger partial charge in [0.05, 0.1) is 18.0 Å². The summed E-state index contributed by atoms with van der Waals surface area (Å²) in [5.41, 5.74) is 5.70. The van der Waals surface area contributed by atoms with Crippen LogP contribution < -0.4 is 9.62 Å². The van der Waals surface area contributed by atoms with Gasteiger partial charge in [-0.2, -0.15) is 0 Å². The number of rotatable bonds is 9. The number of aryl methyl sites for hydroxylation is 3. The number of anilines is 1. The summed E-state index contributed by atoms with van der Waals surface area (Å²) in [5, 5.41) is 3.16. The summed E-state index contributed by atoms with van der Waals surface area (Å²) < 4.78 is 26.4. The minimum atomic E-state index is -3.47. The van der Waals surface area contributed by atoms with Crippen molar-refractivity contribution in [2.45, 2.75) is 39.7 Å². The fourth-order valence-electron chi connectivity index (χ4n) is 3.97. The maximum Gasteiger partial charge on any atom is 0.232 e. The van der Waals surface area contributed by atoms with Gasteiger partial charge in [0, 0.05) is 13.0 Å². The van der Waals surface area contributed by atoms with Crippen LogP contribution >= 0.6 is 0 Å². The fourth-order valence-corrected chi connectivity index (χ4v) is 4.98. The first-order chi connectivity index (χ1) is 15.7. The van der Waals surface area contributed by atoms with Crippen LogP contribution in [0.1, 0.15) is 46.7 Å². The third-order valence-electron chi connectivity index (χ3n) is 5.74. The Morgan fingerprint density at radius 2 is 1.58 bits per heavy atom. The molecule has 0 saturated carbocycles.